The Balaban J connectivity index is 2.01. The number of hydrogen-bond acceptors (Lipinski definition) is 3. The largest absolute Gasteiger partial charge is 0.355 e. The molecule has 0 aliphatic carbocycles. The minimum Gasteiger partial charge on any atom is -0.355 e. The highest BCUT2D eigenvalue weighted by molar-refractivity contribution is 7.99. The Morgan fingerprint density at radius 3 is 2.85 bits per heavy atom. The first-order valence-corrected chi connectivity index (χ1v) is 7.80. The molecule has 0 saturated heterocycles. The molecule has 0 fully saturated rings. The normalized spacial score (nSPS) is 11.0. The molecule has 0 atom stereocenters. The number of rotatable bonds is 5. The molecule has 106 valence electrons. The minimum absolute atomic E-state index is 0.0660. The SMILES string of the molecule is Cc1cc(SCC(=O)NCC(C)C)nc2ccccc12. The van der Waals surface area contributed by atoms with Crippen LogP contribution in [0.1, 0.15) is 19.4 Å². The summed E-state index contributed by atoms with van der Waals surface area (Å²) < 4.78 is 0. The molecule has 0 bridgehead atoms. The minimum atomic E-state index is 0.0660. The molecule has 0 radical (unpaired) electrons. The molecule has 1 amide bonds. The molecule has 2 aromatic rings. The van der Waals surface area contributed by atoms with E-state index in [-0.39, 0.29) is 5.91 Å². The standard InChI is InChI=1S/C16H20N2OS/c1-11(2)9-17-15(19)10-20-16-8-12(3)13-6-4-5-7-14(13)18-16/h4-8,11H,9-10H2,1-3H3,(H,17,19). The lowest BCUT2D eigenvalue weighted by Crippen LogP contribution is -2.28. The van der Waals surface area contributed by atoms with Crippen molar-refractivity contribution in [3.05, 3.63) is 35.9 Å². The van der Waals surface area contributed by atoms with Gasteiger partial charge in [0.15, 0.2) is 0 Å². The number of para-hydroxylation sites is 1. The zero-order chi connectivity index (χ0) is 14.5. The number of aryl methyl sites for hydroxylation is 1. The molecule has 1 N–H and O–H groups in total. The van der Waals surface area contributed by atoms with Gasteiger partial charge in [0.25, 0.3) is 0 Å². The van der Waals surface area contributed by atoms with Gasteiger partial charge >= 0.3 is 0 Å². The third kappa shape index (κ3) is 3.97. The fourth-order valence-electron chi connectivity index (χ4n) is 1.90. The summed E-state index contributed by atoms with van der Waals surface area (Å²) in [5, 5.41) is 4.99. The van der Waals surface area contributed by atoms with Crippen LogP contribution in [0, 0.1) is 12.8 Å². The van der Waals surface area contributed by atoms with E-state index in [0.29, 0.717) is 11.7 Å². The van der Waals surface area contributed by atoms with Crippen LogP contribution in [-0.2, 0) is 4.79 Å². The third-order valence-electron chi connectivity index (χ3n) is 2.96. The maximum Gasteiger partial charge on any atom is 0.230 e. The second kappa shape index (κ2) is 6.75. The van der Waals surface area contributed by atoms with E-state index in [1.807, 2.05) is 24.3 Å². The maximum absolute atomic E-state index is 11.7. The van der Waals surface area contributed by atoms with Crippen molar-refractivity contribution in [3.8, 4) is 0 Å². The molecule has 1 heterocycles. The van der Waals surface area contributed by atoms with Gasteiger partial charge in [-0.25, -0.2) is 4.98 Å². The summed E-state index contributed by atoms with van der Waals surface area (Å²) in [6.45, 7) is 6.97. The number of carbonyl (C=O) groups excluding carboxylic acids is 1. The van der Waals surface area contributed by atoms with Gasteiger partial charge in [-0.15, -0.1) is 0 Å². The van der Waals surface area contributed by atoms with E-state index >= 15 is 0 Å². The summed E-state index contributed by atoms with van der Waals surface area (Å²) >= 11 is 1.49. The zero-order valence-electron chi connectivity index (χ0n) is 12.1. The number of nitrogens with zero attached hydrogens (tertiary/aromatic N) is 1. The predicted octanol–water partition coefficient (Wildman–Crippen LogP) is 3.41. The van der Waals surface area contributed by atoms with Crippen molar-refractivity contribution < 1.29 is 4.79 Å². The molecule has 2 rings (SSSR count). The molecule has 0 aliphatic heterocycles. The first-order valence-electron chi connectivity index (χ1n) is 6.82. The van der Waals surface area contributed by atoms with Gasteiger partial charge in [-0.05, 0) is 30.5 Å². The van der Waals surface area contributed by atoms with E-state index in [1.54, 1.807) is 0 Å². The lowest BCUT2D eigenvalue weighted by Gasteiger charge is -2.08. The topological polar surface area (TPSA) is 42.0 Å². The fraction of sp³-hybridized carbons (Fsp3) is 0.375. The predicted molar refractivity (Wildman–Crippen MR) is 85.1 cm³/mol. The Kier molecular flexibility index (Phi) is 5.01. The van der Waals surface area contributed by atoms with E-state index in [0.717, 1.165) is 17.1 Å². The third-order valence-corrected chi connectivity index (χ3v) is 3.87. The highest BCUT2D eigenvalue weighted by Gasteiger charge is 2.06. The molecule has 0 unspecified atom stereocenters. The van der Waals surface area contributed by atoms with E-state index in [4.69, 9.17) is 0 Å². The van der Waals surface area contributed by atoms with Gasteiger partial charge in [-0.1, -0.05) is 43.8 Å². The molecule has 0 saturated carbocycles. The lowest BCUT2D eigenvalue weighted by molar-refractivity contribution is -0.118. The second-order valence-electron chi connectivity index (χ2n) is 5.28. The lowest BCUT2D eigenvalue weighted by atomic mass is 10.1. The van der Waals surface area contributed by atoms with Gasteiger partial charge in [-0.3, -0.25) is 4.79 Å². The van der Waals surface area contributed by atoms with Crippen molar-refractivity contribution in [1.82, 2.24) is 10.3 Å². The second-order valence-corrected chi connectivity index (χ2v) is 6.28. The van der Waals surface area contributed by atoms with Crippen LogP contribution in [0.2, 0.25) is 0 Å². The van der Waals surface area contributed by atoms with Crippen LogP contribution in [0.15, 0.2) is 35.4 Å². The van der Waals surface area contributed by atoms with Crippen LogP contribution >= 0.6 is 11.8 Å². The Morgan fingerprint density at radius 2 is 2.10 bits per heavy atom. The van der Waals surface area contributed by atoms with Crippen LogP contribution in [0.4, 0.5) is 0 Å². The Bertz CT molecular complexity index is 610. The van der Waals surface area contributed by atoms with Crippen LogP contribution < -0.4 is 5.32 Å². The number of fused-ring (bicyclic) bond motifs is 1. The quantitative estimate of drug-likeness (QED) is 0.857. The first kappa shape index (κ1) is 14.9. The molecule has 0 spiro atoms. The average Bonchev–Trinajstić information content (AvgIpc) is 2.43. The Hall–Kier alpha value is -1.55. The summed E-state index contributed by atoms with van der Waals surface area (Å²) in [5.41, 5.74) is 2.18. The van der Waals surface area contributed by atoms with Crippen molar-refractivity contribution in [1.29, 1.82) is 0 Å². The molecule has 3 nitrogen and oxygen atoms in total. The van der Waals surface area contributed by atoms with Gasteiger partial charge in [0.1, 0.15) is 0 Å². The number of benzene rings is 1. The Morgan fingerprint density at radius 1 is 1.35 bits per heavy atom. The first-order chi connectivity index (χ1) is 9.56. The monoisotopic (exact) mass is 288 g/mol. The van der Waals surface area contributed by atoms with Crippen molar-refractivity contribution in [2.75, 3.05) is 12.3 Å². The number of carbonyl (C=O) groups is 1. The molecular formula is C16H20N2OS. The van der Waals surface area contributed by atoms with Gasteiger partial charge in [0, 0.05) is 11.9 Å². The van der Waals surface area contributed by atoms with Gasteiger partial charge in [0.2, 0.25) is 5.91 Å². The van der Waals surface area contributed by atoms with Crippen LogP contribution in [0.25, 0.3) is 10.9 Å². The fourth-order valence-corrected chi connectivity index (χ4v) is 2.71. The van der Waals surface area contributed by atoms with E-state index in [1.165, 1.54) is 22.7 Å². The van der Waals surface area contributed by atoms with Crippen LogP contribution in [0.5, 0.6) is 0 Å². The molecule has 0 aliphatic rings. The number of aromatic nitrogens is 1. The van der Waals surface area contributed by atoms with Crippen molar-refractivity contribution in [2.24, 2.45) is 5.92 Å². The molecule has 20 heavy (non-hydrogen) atoms. The summed E-state index contributed by atoms with van der Waals surface area (Å²) in [5.74, 6) is 0.957. The van der Waals surface area contributed by atoms with Gasteiger partial charge < -0.3 is 5.32 Å². The molecule has 1 aromatic heterocycles. The summed E-state index contributed by atoms with van der Waals surface area (Å²) in [7, 11) is 0. The van der Waals surface area contributed by atoms with Crippen molar-refractivity contribution >= 4 is 28.6 Å². The average molecular weight is 288 g/mol. The van der Waals surface area contributed by atoms with Crippen molar-refractivity contribution in [3.63, 3.8) is 0 Å². The molecule has 1 aromatic carbocycles. The Labute approximate surface area is 124 Å². The summed E-state index contributed by atoms with van der Waals surface area (Å²) in [6, 6.07) is 10.1. The number of thioether (sulfide) groups is 1. The van der Waals surface area contributed by atoms with E-state index in [9.17, 15) is 4.79 Å². The number of pyridine rings is 1. The molecular weight excluding hydrogens is 268 g/mol. The zero-order valence-corrected chi connectivity index (χ0v) is 13.0. The van der Waals surface area contributed by atoms with Crippen molar-refractivity contribution in [2.45, 2.75) is 25.8 Å². The number of amides is 1. The summed E-state index contributed by atoms with van der Waals surface area (Å²) in [6.07, 6.45) is 0. The highest BCUT2D eigenvalue weighted by atomic mass is 32.2. The smallest absolute Gasteiger partial charge is 0.230 e. The van der Waals surface area contributed by atoms with E-state index in [2.05, 4.69) is 37.1 Å². The van der Waals surface area contributed by atoms with Gasteiger partial charge in [0.05, 0.1) is 16.3 Å². The van der Waals surface area contributed by atoms with Gasteiger partial charge in [-0.2, -0.15) is 0 Å². The van der Waals surface area contributed by atoms with Crippen LogP contribution in [-0.4, -0.2) is 23.2 Å². The summed E-state index contributed by atoms with van der Waals surface area (Å²) in [4.78, 5) is 16.3. The highest BCUT2D eigenvalue weighted by Crippen LogP contribution is 2.23. The molecule has 4 heteroatoms. The maximum atomic E-state index is 11.7. The number of nitrogens with one attached hydrogen (secondary N) is 1. The van der Waals surface area contributed by atoms with Crippen LogP contribution in [0.3, 0.4) is 0 Å². The van der Waals surface area contributed by atoms with E-state index < -0.39 is 0 Å². The number of hydrogen-bond donors (Lipinski definition) is 1.